The molecule has 6 aliphatic rings. The molecule has 4 saturated carbocycles. The summed E-state index contributed by atoms with van der Waals surface area (Å²) in [7, 11) is -7.86. The number of rotatable bonds is 34. The quantitative estimate of drug-likeness (QED) is 0.0106. The first kappa shape index (κ1) is 88.2. The molecule has 616 valence electrons. The second-order valence-corrected chi connectivity index (χ2v) is 34.3. The van der Waals surface area contributed by atoms with Crippen molar-refractivity contribution in [1.29, 1.82) is 0 Å². The van der Waals surface area contributed by atoms with Crippen molar-refractivity contribution in [3.05, 3.63) is 183 Å². The number of pyridine rings is 2. The Morgan fingerprint density at radius 1 is 0.605 bits per heavy atom. The van der Waals surface area contributed by atoms with Gasteiger partial charge >= 0.3 is 18.3 Å². The first-order valence-corrected chi connectivity index (χ1v) is 40.2. The van der Waals surface area contributed by atoms with Crippen molar-refractivity contribution >= 4 is 101 Å². The second-order valence-electron chi connectivity index (χ2n) is 29.9. The van der Waals surface area contributed by atoms with Crippen molar-refractivity contribution in [3.63, 3.8) is 0 Å². The molecule has 6 aromatic rings. The Morgan fingerprint density at radius 3 is 1.47 bits per heavy atom. The lowest BCUT2D eigenvalue weighted by atomic mass is 10.0. The Kier molecular flexibility index (Phi) is 28.2. The van der Waals surface area contributed by atoms with E-state index >= 15 is 0 Å². The van der Waals surface area contributed by atoms with Gasteiger partial charge in [0.25, 0.3) is 11.8 Å². The minimum atomic E-state index is -4.86. The molecule has 0 bridgehead atoms. The maximum atomic E-state index is 14.6. The molecule has 4 heterocycles. The highest BCUT2D eigenvalue weighted by Gasteiger charge is 2.64. The molecule has 10 atom stereocenters. The SMILES string of the molecule is C=CCCCCC[C@H](Nc1cc(F)cc(C(F)(F)F)c1)C(=O)N1C[C@H](Oc2nccc3ccccc23)C[C@H]1C(=O)N[C@]1(C(=O)NS(=O)(=O)C2(C)CC2)C[C@H]1C=C.C=CCCCCC[C@H](Nc1cc(F)cc(C(F)(F)F)c1)C(=O)O.C=C[C@@H]1C[C@]1(NC(=O)[C@@H]1C[C@@H](Oc2nccc3ccccc23)CN1)C(=O)NS(=O)(=O)C1(C)CC1.Cl. The molecule has 2 saturated heterocycles. The number of carboxylic acids is 1. The van der Waals surface area contributed by atoms with E-state index in [0.717, 1.165) is 54.0 Å². The number of ether oxygens (including phenoxy) is 2. The van der Waals surface area contributed by atoms with Gasteiger partial charge in [0.2, 0.25) is 49.5 Å². The first-order chi connectivity index (χ1) is 53.4. The van der Waals surface area contributed by atoms with Crippen molar-refractivity contribution in [2.45, 2.75) is 199 Å². The maximum Gasteiger partial charge on any atom is 0.416 e. The number of halogens is 9. The van der Waals surface area contributed by atoms with Gasteiger partial charge in [-0.05, 0) is 162 Å². The minimum absolute atomic E-state index is 0. The topological polar surface area (TPSA) is 323 Å². The molecular formula is C80H93ClF8N10O13S2. The van der Waals surface area contributed by atoms with Crippen LogP contribution in [0.2, 0.25) is 0 Å². The predicted molar refractivity (Wildman–Crippen MR) is 416 cm³/mol. The van der Waals surface area contributed by atoms with Gasteiger partial charge in [0.15, 0.2) is 0 Å². The number of benzene rings is 4. The summed E-state index contributed by atoms with van der Waals surface area (Å²) < 4.78 is 173. The Balaban J connectivity index is 0.000000217. The van der Waals surface area contributed by atoms with Gasteiger partial charge in [-0.15, -0.1) is 38.7 Å². The molecule has 0 spiro atoms. The monoisotopic (exact) mass is 1650 g/mol. The van der Waals surface area contributed by atoms with Crippen molar-refractivity contribution in [1.82, 2.24) is 40.3 Å². The van der Waals surface area contributed by atoms with E-state index in [1.54, 1.807) is 55.7 Å². The molecule has 114 heavy (non-hydrogen) atoms. The second kappa shape index (κ2) is 36.4. The number of carbonyl (C=O) groups excluding carboxylic acids is 5. The third-order valence-corrected chi connectivity index (χ3v) is 25.7. The number of carboxylic acid groups (broad SMARTS) is 1. The van der Waals surface area contributed by atoms with E-state index < -0.39 is 142 Å². The van der Waals surface area contributed by atoms with E-state index in [1.807, 2.05) is 42.5 Å². The molecular weight excluding hydrogens is 1560 g/mol. The fraction of sp³-hybridized carbons (Fsp3) is 0.450. The van der Waals surface area contributed by atoms with Crippen LogP contribution in [0.15, 0.2) is 160 Å². The fourth-order valence-electron chi connectivity index (χ4n) is 13.7. The summed E-state index contributed by atoms with van der Waals surface area (Å²) >= 11 is 0. The third kappa shape index (κ3) is 21.4. The van der Waals surface area contributed by atoms with Crippen LogP contribution in [0.3, 0.4) is 0 Å². The van der Waals surface area contributed by atoms with Crippen molar-refractivity contribution < 1.29 is 95.3 Å². The number of aromatic nitrogens is 2. The number of unbranched alkanes of at least 4 members (excludes halogenated alkanes) is 6. The van der Waals surface area contributed by atoms with Crippen molar-refractivity contribution in [3.8, 4) is 11.8 Å². The average Bonchev–Trinajstić information content (AvgIpc) is 1.57. The van der Waals surface area contributed by atoms with Crippen LogP contribution >= 0.6 is 12.4 Å². The average molecular weight is 1650 g/mol. The number of hydrogen-bond donors (Lipinski definition) is 8. The molecule has 4 aromatic carbocycles. The Morgan fingerprint density at radius 2 is 1.04 bits per heavy atom. The highest BCUT2D eigenvalue weighted by Crippen LogP contribution is 2.49. The van der Waals surface area contributed by atoms with Crippen LogP contribution < -0.4 is 45.5 Å². The summed E-state index contributed by atoms with van der Waals surface area (Å²) in [6.07, 6.45) is 7.63. The summed E-state index contributed by atoms with van der Waals surface area (Å²) in [5.74, 6) is -7.01. The van der Waals surface area contributed by atoms with Crippen LogP contribution in [0.4, 0.5) is 46.5 Å². The van der Waals surface area contributed by atoms with Crippen LogP contribution in [0.5, 0.6) is 11.8 Å². The number of carbonyl (C=O) groups is 6. The van der Waals surface area contributed by atoms with Crippen LogP contribution in [0.25, 0.3) is 21.5 Å². The number of sulfonamides is 2. The van der Waals surface area contributed by atoms with E-state index in [0.29, 0.717) is 106 Å². The van der Waals surface area contributed by atoms with E-state index in [-0.39, 0.29) is 79.8 Å². The van der Waals surface area contributed by atoms with Gasteiger partial charge in [-0.25, -0.2) is 40.4 Å². The lowest BCUT2D eigenvalue weighted by molar-refractivity contribution is -0.140. The normalized spacial score (nSPS) is 22.7. The number of likely N-dealkylation sites (tertiary alicyclic amines) is 1. The summed E-state index contributed by atoms with van der Waals surface area (Å²) in [6.45, 7) is 18.2. The van der Waals surface area contributed by atoms with Crippen LogP contribution in [-0.2, 0) is 61.2 Å². The minimum Gasteiger partial charge on any atom is -0.480 e. The maximum absolute atomic E-state index is 14.6. The standard InChI is InChI=1S/C40H45F4N5O6S.C24H28N4O5S.C16H19F4NO2.ClH/c1-4-6-7-8-9-14-32(46-29-20-27(40(42,43)44)19-28(41)21-29)36(51)49-24-30(55-35-31-13-11-10-12-25(31)15-18-45-35)22-33(49)34(50)47-39(23-26(39)5-2)37(52)48-56(53,54)38(3)16-17-38;1-3-16-13-24(16,22(30)28-34(31,32)23(2)9-10-23)27-20(29)19-12-17(14-26-19)33-21-18-7-5-4-6-15(18)8-11-25-21;1-2-3-4-5-6-7-14(15(22)23)21-13-9-11(16(18,19)20)8-12(17)10-13;/h4-5,10-13,15,18-21,26,30,32-33,46H,1-2,6-9,14,16-17,22-24H2,3H3,(H,47,50)(H,48,52);3-8,11,16-17,19,26H,1,9-10,12-14H2,2H3,(H,27,29)(H,28,30);2,8-10,14,21H,1,3-7H2,(H,22,23);1H/t26-,30-,32+,33+,39-;16-,17-,19+,24-;14-;/m110./s1. The zero-order chi connectivity index (χ0) is 82.1. The van der Waals surface area contributed by atoms with Crippen LogP contribution in [0.1, 0.15) is 141 Å². The number of anilines is 2. The smallest absolute Gasteiger partial charge is 0.416 e. The Bertz CT molecular complexity index is 4810. The number of fused-ring (bicyclic) bond motifs is 2. The summed E-state index contributed by atoms with van der Waals surface area (Å²) in [5.41, 5.74) is -5.82. The lowest BCUT2D eigenvalue weighted by Gasteiger charge is -2.30. The number of nitrogens with one attached hydrogen (secondary N) is 7. The number of alkyl halides is 6. The first-order valence-electron chi connectivity index (χ1n) is 37.2. The van der Waals surface area contributed by atoms with Crippen molar-refractivity contribution in [2.75, 3.05) is 23.7 Å². The number of aliphatic carboxylic acids is 1. The molecule has 0 radical (unpaired) electrons. The zero-order valence-electron chi connectivity index (χ0n) is 62.7. The molecule has 6 fully saturated rings. The predicted octanol–water partition coefficient (Wildman–Crippen LogP) is 13.1. The van der Waals surface area contributed by atoms with Crippen LogP contribution in [-0.4, -0.2) is 142 Å². The third-order valence-electron chi connectivity index (χ3n) is 21.4. The fourth-order valence-corrected chi connectivity index (χ4v) is 16.3. The summed E-state index contributed by atoms with van der Waals surface area (Å²) in [5, 5.41) is 26.5. The molecule has 2 aromatic heterocycles. The van der Waals surface area contributed by atoms with Gasteiger partial charge in [-0.3, -0.25) is 33.4 Å². The number of nitrogens with zero attached hydrogens (tertiary/aromatic N) is 3. The van der Waals surface area contributed by atoms with Gasteiger partial charge in [-0.2, -0.15) is 26.3 Å². The van der Waals surface area contributed by atoms with Gasteiger partial charge in [0, 0.05) is 65.8 Å². The van der Waals surface area contributed by atoms with Crippen LogP contribution in [0, 0.1) is 23.5 Å². The Hall–Kier alpha value is -9.73. The number of hydrogen-bond acceptors (Lipinski definition) is 17. The lowest BCUT2D eigenvalue weighted by Crippen LogP contribution is -2.58. The van der Waals surface area contributed by atoms with Gasteiger partial charge in [-0.1, -0.05) is 86.4 Å². The van der Waals surface area contributed by atoms with Gasteiger partial charge in [0.1, 0.15) is 53.0 Å². The largest absolute Gasteiger partial charge is 0.480 e. The molecule has 2 aliphatic heterocycles. The van der Waals surface area contributed by atoms with E-state index in [1.165, 1.54) is 17.9 Å². The zero-order valence-corrected chi connectivity index (χ0v) is 65.2. The molecule has 23 nitrogen and oxygen atoms in total. The molecule has 8 N–H and O–H groups in total. The van der Waals surface area contributed by atoms with Gasteiger partial charge in [0.05, 0.1) is 33.2 Å². The van der Waals surface area contributed by atoms with Gasteiger partial charge < -0.3 is 46.1 Å². The Labute approximate surface area is 661 Å². The highest BCUT2D eigenvalue weighted by molar-refractivity contribution is 7.92. The number of allylic oxidation sites excluding steroid dienone is 2. The van der Waals surface area contributed by atoms with E-state index in [9.17, 15) is 80.7 Å². The molecule has 0 unspecified atom stereocenters. The highest BCUT2D eigenvalue weighted by atomic mass is 35.5. The van der Waals surface area contributed by atoms with E-state index in [4.69, 9.17) is 14.6 Å². The summed E-state index contributed by atoms with van der Waals surface area (Å²) in [4.78, 5) is 89.7. The van der Waals surface area contributed by atoms with E-state index in [2.05, 4.69) is 72.3 Å². The summed E-state index contributed by atoms with van der Waals surface area (Å²) in [6, 6.07) is 18.6. The molecule has 4 aliphatic carbocycles. The number of amides is 5. The molecule has 34 heteroatoms. The van der Waals surface area contributed by atoms with Crippen molar-refractivity contribution in [2.24, 2.45) is 11.8 Å². The molecule has 5 amide bonds. The molecule has 12 rings (SSSR count).